The van der Waals surface area contributed by atoms with E-state index in [1.54, 1.807) is 0 Å². The van der Waals surface area contributed by atoms with Crippen LogP contribution >= 0.6 is 0 Å². The van der Waals surface area contributed by atoms with Crippen molar-refractivity contribution < 1.29 is 99.2 Å². The first-order valence-electron chi connectivity index (χ1n) is 16.1. The Morgan fingerprint density at radius 1 is 0.623 bits per heavy atom. The molecule has 2 aromatic carbocycles. The van der Waals surface area contributed by atoms with E-state index in [1.807, 2.05) is 0 Å². The average Bonchev–Trinajstić information content (AvgIpc) is 3.15. The lowest BCUT2D eigenvalue weighted by atomic mass is 9.99. The number of aliphatic hydroxyl groups is 11. The van der Waals surface area contributed by atoms with Gasteiger partial charge in [-0.05, 0) is 24.3 Å². The molecule has 13 N–H and O–H groups in total. The molecule has 21 nitrogen and oxygen atoms in total. The highest BCUT2D eigenvalue weighted by Crippen LogP contribution is 2.51. The van der Waals surface area contributed by atoms with Gasteiger partial charge in [0, 0.05) is 11.6 Å². The van der Waals surface area contributed by atoms with Gasteiger partial charge in [0.2, 0.25) is 36.1 Å². The van der Waals surface area contributed by atoms with Crippen LogP contribution in [-0.2, 0) is 14.2 Å². The molecule has 3 aromatic rings. The van der Waals surface area contributed by atoms with Crippen LogP contribution in [-0.4, -0.2) is 172 Å². The first kappa shape index (κ1) is 38.8. The molecule has 0 spiro atoms. The zero-order valence-electron chi connectivity index (χ0n) is 27.2. The smallest absolute Gasteiger partial charge is 0.229 e. The van der Waals surface area contributed by atoms with E-state index < -0.39 is 145 Å². The highest BCUT2D eigenvalue weighted by atomic mass is 16.7. The van der Waals surface area contributed by atoms with E-state index in [0.29, 0.717) is 0 Å². The van der Waals surface area contributed by atoms with Gasteiger partial charge in [0.25, 0.3) is 0 Å². The third-order valence-electron chi connectivity index (χ3n) is 9.05. The third kappa shape index (κ3) is 7.20. The molecule has 14 atom stereocenters. The minimum absolute atomic E-state index is 0.0553. The first-order valence-corrected chi connectivity index (χ1v) is 16.1. The monoisotopic (exact) mass is 758 g/mol. The Balaban J connectivity index is 1.38. The van der Waals surface area contributed by atoms with Gasteiger partial charge in [-0.1, -0.05) is 0 Å². The van der Waals surface area contributed by atoms with Gasteiger partial charge in [0.1, 0.15) is 84.0 Å². The molecule has 3 aliphatic heterocycles. The number of benzene rings is 2. The Hall–Kier alpha value is -3.91. The standard InChI is InChI=1S/C32H38O21/c33-6-14-18(38)21(41)24(44)31(50-14)48-10-3-1-9(2-4-10)13-5-11(35)16-20(40)28(52-32-25(45)22(42)19(39)15(7-34)51-32)26(46)29(27(16)49-13)53-30-23(43)17(37)12(36)8-47-30/h1-5,12,14-15,17-19,21-25,30-34,36-46H,6-8H2. The molecule has 0 saturated carbocycles. The second kappa shape index (κ2) is 15.4. The fourth-order valence-electron chi connectivity index (χ4n) is 5.95. The number of phenols is 2. The van der Waals surface area contributed by atoms with E-state index in [2.05, 4.69) is 0 Å². The average molecular weight is 759 g/mol. The minimum atomic E-state index is -2.03. The maximum atomic E-state index is 13.6. The van der Waals surface area contributed by atoms with Gasteiger partial charge < -0.3 is 99.2 Å². The normalized spacial score (nSPS) is 36.3. The van der Waals surface area contributed by atoms with Gasteiger partial charge in [-0.25, -0.2) is 0 Å². The lowest BCUT2D eigenvalue weighted by molar-refractivity contribution is -0.277. The number of phenolic OH excluding ortho intramolecular Hbond substituents is 2. The molecule has 14 unspecified atom stereocenters. The zero-order valence-corrected chi connectivity index (χ0v) is 27.2. The van der Waals surface area contributed by atoms with Crippen LogP contribution in [0.5, 0.6) is 28.7 Å². The molecule has 6 rings (SSSR count). The van der Waals surface area contributed by atoms with Gasteiger partial charge in [-0.2, -0.15) is 0 Å². The Morgan fingerprint density at radius 3 is 1.72 bits per heavy atom. The predicted octanol–water partition coefficient (Wildman–Crippen LogP) is -4.95. The summed E-state index contributed by atoms with van der Waals surface area (Å²) in [6.45, 7) is -2.09. The molecule has 53 heavy (non-hydrogen) atoms. The lowest BCUT2D eigenvalue weighted by Gasteiger charge is -2.39. The molecule has 3 saturated heterocycles. The van der Waals surface area contributed by atoms with Gasteiger partial charge in [0.05, 0.1) is 19.8 Å². The van der Waals surface area contributed by atoms with Gasteiger partial charge >= 0.3 is 0 Å². The number of aromatic hydroxyl groups is 2. The van der Waals surface area contributed by atoms with Crippen molar-refractivity contribution in [1.82, 2.24) is 0 Å². The number of rotatable bonds is 9. The highest BCUT2D eigenvalue weighted by Gasteiger charge is 2.47. The maximum absolute atomic E-state index is 13.6. The van der Waals surface area contributed by atoms with Gasteiger partial charge in [0.15, 0.2) is 16.8 Å². The van der Waals surface area contributed by atoms with Crippen molar-refractivity contribution in [2.75, 3.05) is 19.8 Å². The predicted molar refractivity (Wildman–Crippen MR) is 168 cm³/mol. The Kier molecular flexibility index (Phi) is 11.3. The Labute approximate surface area is 296 Å². The number of fused-ring (bicyclic) bond motifs is 1. The molecular weight excluding hydrogens is 720 g/mol. The summed E-state index contributed by atoms with van der Waals surface area (Å²) in [6.07, 6.45) is -24.1. The molecule has 0 bridgehead atoms. The van der Waals surface area contributed by atoms with Crippen LogP contribution in [0.25, 0.3) is 22.3 Å². The molecule has 3 aliphatic rings. The maximum Gasteiger partial charge on any atom is 0.229 e. The van der Waals surface area contributed by atoms with Crippen molar-refractivity contribution in [3.8, 4) is 40.1 Å². The van der Waals surface area contributed by atoms with Crippen molar-refractivity contribution in [1.29, 1.82) is 0 Å². The van der Waals surface area contributed by atoms with E-state index in [9.17, 15) is 71.2 Å². The molecule has 4 heterocycles. The summed E-state index contributed by atoms with van der Waals surface area (Å²) in [5.74, 6) is -4.21. The SMILES string of the molecule is O=c1cc(-c2ccc(OC3OC(CO)C(O)C(O)C3O)cc2)oc2c(OC3OCC(O)C(O)C3O)c(O)c(OC3OC(CO)C(O)C(O)C3O)c(O)c12. The van der Waals surface area contributed by atoms with Crippen LogP contribution in [0.15, 0.2) is 39.5 Å². The van der Waals surface area contributed by atoms with Crippen molar-refractivity contribution in [3.05, 3.63) is 40.6 Å². The van der Waals surface area contributed by atoms with Crippen LogP contribution in [0.1, 0.15) is 0 Å². The Bertz CT molecular complexity index is 1800. The fourth-order valence-corrected chi connectivity index (χ4v) is 5.95. The summed E-state index contributed by atoms with van der Waals surface area (Å²) in [5, 5.41) is 133. The minimum Gasteiger partial charge on any atom is -0.504 e. The lowest BCUT2D eigenvalue weighted by Crippen LogP contribution is -2.60. The van der Waals surface area contributed by atoms with Crippen molar-refractivity contribution in [3.63, 3.8) is 0 Å². The molecular formula is C32H38O21. The van der Waals surface area contributed by atoms with Gasteiger partial charge in [-0.15, -0.1) is 0 Å². The van der Waals surface area contributed by atoms with E-state index in [1.165, 1.54) is 24.3 Å². The zero-order chi connectivity index (χ0) is 38.5. The van der Waals surface area contributed by atoms with E-state index in [4.69, 9.17) is 32.8 Å². The van der Waals surface area contributed by atoms with Crippen LogP contribution in [0, 0.1) is 0 Å². The molecule has 3 fully saturated rings. The second-order valence-electron chi connectivity index (χ2n) is 12.6. The summed E-state index contributed by atoms with van der Waals surface area (Å²) in [4.78, 5) is 13.6. The molecule has 0 amide bonds. The number of ether oxygens (including phenoxy) is 6. The summed E-state index contributed by atoms with van der Waals surface area (Å²) < 4.78 is 38.5. The van der Waals surface area contributed by atoms with Crippen LogP contribution < -0.4 is 19.6 Å². The fraction of sp³-hybridized carbons (Fsp3) is 0.531. The van der Waals surface area contributed by atoms with Crippen LogP contribution in [0.2, 0.25) is 0 Å². The van der Waals surface area contributed by atoms with E-state index >= 15 is 0 Å². The topological polar surface area (TPSA) is 349 Å². The van der Waals surface area contributed by atoms with Crippen LogP contribution in [0.4, 0.5) is 0 Å². The molecule has 0 radical (unpaired) electrons. The van der Waals surface area contributed by atoms with E-state index in [0.717, 1.165) is 6.07 Å². The van der Waals surface area contributed by atoms with Gasteiger partial charge in [-0.3, -0.25) is 4.79 Å². The number of hydrogen-bond donors (Lipinski definition) is 13. The largest absolute Gasteiger partial charge is 0.504 e. The van der Waals surface area contributed by atoms with Crippen LogP contribution in [0.3, 0.4) is 0 Å². The summed E-state index contributed by atoms with van der Waals surface area (Å²) >= 11 is 0. The van der Waals surface area contributed by atoms with Crippen molar-refractivity contribution >= 4 is 11.0 Å². The molecule has 1 aromatic heterocycles. The quantitative estimate of drug-likeness (QED) is 0.0972. The summed E-state index contributed by atoms with van der Waals surface area (Å²) in [6, 6.07) is 6.32. The second-order valence-corrected chi connectivity index (χ2v) is 12.6. The number of aliphatic hydroxyl groups excluding tert-OH is 11. The summed E-state index contributed by atoms with van der Waals surface area (Å²) in [7, 11) is 0. The number of hydrogen-bond acceptors (Lipinski definition) is 21. The Morgan fingerprint density at radius 2 is 1.15 bits per heavy atom. The third-order valence-corrected chi connectivity index (χ3v) is 9.05. The summed E-state index contributed by atoms with van der Waals surface area (Å²) in [5.41, 5.74) is -1.48. The van der Waals surface area contributed by atoms with Crippen molar-refractivity contribution in [2.45, 2.75) is 86.0 Å². The highest BCUT2D eigenvalue weighted by molar-refractivity contribution is 5.95. The van der Waals surface area contributed by atoms with E-state index in [-0.39, 0.29) is 17.1 Å². The van der Waals surface area contributed by atoms with Crippen molar-refractivity contribution in [2.24, 2.45) is 0 Å². The molecule has 0 aliphatic carbocycles. The molecule has 21 heteroatoms. The first-order chi connectivity index (χ1) is 25.2. The molecule has 292 valence electrons.